The van der Waals surface area contributed by atoms with Crippen molar-refractivity contribution in [3.05, 3.63) is 96.1 Å². The van der Waals surface area contributed by atoms with Gasteiger partial charge in [-0.15, -0.1) is 0 Å². The van der Waals surface area contributed by atoms with Crippen molar-refractivity contribution < 1.29 is 4.79 Å². The lowest BCUT2D eigenvalue weighted by Gasteiger charge is -2.22. The van der Waals surface area contributed by atoms with E-state index in [2.05, 4.69) is 40.2 Å². The SMILES string of the molecule is O=C(NCc1ccccc1)c1ccc(-c2cc(NCCCC3CCCNC3)c3ccccc3n2)cc1. The van der Waals surface area contributed by atoms with E-state index < -0.39 is 0 Å². The molecule has 0 saturated carbocycles. The van der Waals surface area contributed by atoms with Crippen LogP contribution in [0.15, 0.2) is 84.9 Å². The summed E-state index contributed by atoms with van der Waals surface area (Å²) in [5.41, 5.74) is 5.71. The number of nitrogens with one attached hydrogen (secondary N) is 3. The molecular formula is C31H34N4O. The minimum Gasteiger partial charge on any atom is -0.384 e. The van der Waals surface area contributed by atoms with Gasteiger partial charge in [0.1, 0.15) is 0 Å². The highest BCUT2D eigenvalue weighted by Crippen LogP contribution is 2.29. The second-order valence-corrected chi connectivity index (χ2v) is 9.60. The van der Waals surface area contributed by atoms with Gasteiger partial charge in [0.05, 0.1) is 11.2 Å². The standard InChI is InChI=1S/C31H34N4O/c36-31(34-22-24-8-2-1-3-9-24)26-16-14-25(15-17-26)29-20-30(27-12-4-5-13-28(27)35-29)33-19-7-11-23-10-6-18-32-21-23/h1-5,8-9,12-17,20,23,32H,6-7,10-11,18-19,21-22H2,(H,33,35)(H,34,36). The first-order valence-corrected chi connectivity index (χ1v) is 13.0. The van der Waals surface area contributed by atoms with Gasteiger partial charge in [0.15, 0.2) is 0 Å². The Balaban J connectivity index is 1.26. The normalized spacial score (nSPS) is 15.5. The summed E-state index contributed by atoms with van der Waals surface area (Å²) in [6.07, 6.45) is 5.05. The molecule has 0 radical (unpaired) electrons. The molecule has 0 bridgehead atoms. The maximum Gasteiger partial charge on any atom is 0.251 e. The minimum absolute atomic E-state index is 0.0765. The molecule has 184 valence electrons. The second kappa shape index (κ2) is 11.8. The summed E-state index contributed by atoms with van der Waals surface area (Å²) in [6, 6.07) is 28.1. The lowest BCUT2D eigenvalue weighted by molar-refractivity contribution is 0.0951. The van der Waals surface area contributed by atoms with Gasteiger partial charge in [-0.1, -0.05) is 60.7 Å². The fraction of sp³-hybridized carbons (Fsp3) is 0.290. The van der Waals surface area contributed by atoms with Crippen LogP contribution in [0.3, 0.4) is 0 Å². The van der Waals surface area contributed by atoms with Crippen LogP contribution in [0.5, 0.6) is 0 Å². The van der Waals surface area contributed by atoms with E-state index in [1.165, 1.54) is 25.8 Å². The van der Waals surface area contributed by atoms with Crippen molar-refractivity contribution in [2.75, 3.05) is 25.0 Å². The van der Waals surface area contributed by atoms with Gasteiger partial charge in [0.25, 0.3) is 5.91 Å². The second-order valence-electron chi connectivity index (χ2n) is 9.60. The van der Waals surface area contributed by atoms with E-state index in [1.54, 1.807) is 0 Å². The van der Waals surface area contributed by atoms with Gasteiger partial charge in [-0.25, -0.2) is 4.98 Å². The van der Waals surface area contributed by atoms with Crippen LogP contribution in [0, 0.1) is 5.92 Å². The van der Waals surface area contributed by atoms with Crippen LogP contribution in [0.2, 0.25) is 0 Å². The molecule has 1 saturated heterocycles. The average Bonchev–Trinajstić information content (AvgIpc) is 2.95. The van der Waals surface area contributed by atoms with E-state index in [-0.39, 0.29) is 5.91 Å². The van der Waals surface area contributed by atoms with Crippen LogP contribution in [-0.4, -0.2) is 30.5 Å². The molecule has 4 aromatic rings. The molecule has 1 aliphatic rings. The maximum absolute atomic E-state index is 12.6. The van der Waals surface area contributed by atoms with Crippen LogP contribution in [0.25, 0.3) is 22.2 Å². The van der Waals surface area contributed by atoms with E-state index in [9.17, 15) is 4.79 Å². The van der Waals surface area contributed by atoms with Crippen molar-refractivity contribution in [3.8, 4) is 11.3 Å². The summed E-state index contributed by atoms with van der Waals surface area (Å²) in [5, 5.41) is 11.3. The molecule has 5 rings (SSSR count). The Labute approximate surface area is 213 Å². The van der Waals surface area contributed by atoms with Gasteiger partial charge in [0.2, 0.25) is 0 Å². The number of nitrogens with zero attached hydrogens (tertiary/aromatic N) is 1. The smallest absolute Gasteiger partial charge is 0.251 e. The average molecular weight is 479 g/mol. The molecular weight excluding hydrogens is 444 g/mol. The van der Waals surface area contributed by atoms with Gasteiger partial charge in [-0.2, -0.15) is 0 Å². The molecule has 0 spiro atoms. The lowest BCUT2D eigenvalue weighted by atomic mass is 9.95. The Morgan fingerprint density at radius 3 is 2.58 bits per heavy atom. The van der Waals surface area contributed by atoms with Crippen molar-refractivity contribution in [3.63, 3.8) is 0 Å². The number of rotatable bonds is 9. The highest BCUT2D eigenvalue weighted by molar-refractivity contribution is 5.96. The summed E-state index contributed by atoms with van der Waals surface area (Å²) in [6.45, 7) is 3.78. The third-order valence-electron chi connectivity index (χ3n) is 6.96. The highest BCUT2D eigenvalue weighted by atomic mass is 16.1. The number of benzene rings is 3. The number of amides is 1. The molecule has 1 aliphatic heterocycles. The van der Waals surface area contributed by atoms with E-state index in [0.29, 0.717) is 12.1 Å². The third-order valence-corrected chi connectivity index (χ3v) is 6.96. The first kappa shape index (κ1) is 24.0. The van der Waals surface area contributed by atoms with Crippen molar-refractivity contribution in [2.24, 2.45) is 5.92 Å². The Kier molecular flexibility index (Phi) is 7.89. The fourth-order valence-corrected chi connectivity index (χ4v) is 4.93. The number of aromatic nitrogens is 1. The number of pyridine rings is 1. The Morgan fingerprint density at radius 2 is 1.78 bits per heavy atom. The number of fused-ring (bicyclic) bond motifs is 1. The molecule has 5 nitrogen and oxygen atoms in total. The van der Waals surface area contributed by atoms with E-state index in [1.807, 2.05) is 60.7 Å². The number of carbonyl (C=O) groups excluding carboxylic acids is 1. The predicted molar refractivity (Wildman–Crippen MR) is 148 cm³/mol. The zero-order valence-electron chi connectivity index (χ0n) is 20.7. The minimum atomic E-state index is -0.0765. The summed E-state index contributed by atoms with van der Waals surface area (Å²) >= 11 is 0. The number of hydrogen-bond acceptors (Lipinski definition) is 4. The molecule has 5 heteroatoms. The summed E-state index contributed by atoms with van der Waals surface area (Å²) < 4.78 is 0. The molecule has 3 aromatic carbocycles. The first-order valence-electron chi connectivity index (χ1n) is 13.0. The zero-order valence-corrected chi connectivity index (χ0v) is 20.7. The Bertz CT molecular complexity index is 1280. The molecule has 1 atom stereocenters. The van der Waals surface area contributed by atoms with Crippen LogP contribution < -0.4 is 16.0 Å². The number of anilines is 1. The van der Waals surface area contributed by atoms with Crippen molar-refractivity contribution in [1.29, 1.82) is 0 Å². The number of hydrogen-bond donors (Lipinski definition) is 3. The van der Waals surface area contributed by atoms with Crippen molar-refractivity contribution >= 4 is 22.5 Å². The number of para-hydroxylation sites is 1. The van der Waals surface area contributed by atoms with Crippen LogP contribution in [-0.2, 0) is 6.54 Å². The van der Waals surface area contributed by atoms with E-state index in [0.717, 1.165) is 58.8 Å². The van der Waals surface area contributed by atoms with Gasteiger partial charge in [-0.3, -0.25) is 4.79 Å². The fourth-order valence-electron chi connectivity index (χ4n) is 4.93. The third kappa shape index (κ3) is 6.10. The van der Waals surface area contributed by atoms with Gasteiger partial charge >= 0.3 is 0 Å². The highest BCUT2D eigenvalue weighted by Gasteiger charge is 2.13. The monoisotopic (exact) mass is 478 g/mol. The number of piperidine rings is 1. The Hall–Kier alpha value is -3.70. The summed E-state index contributed by atoms with van der Waals surface area (Å²) in [5.74, 6) is 0.723. The van der Waals surface area contributed by atoms with Crippen LogP contribution in [0.1, 0.15) is 41.6 Å². The molecule has 1 unspecified atom stereocenters. The topological polar surface area (TPSA) is 66.1 Å². The van der Waals surface area contributed by atoms with E-state index >= 15 is 0 Å². The van der Waals surface area contributed by atoms with Gasteiger partial charge in [0, 0.05) is 35.3 Å². The van der Waals surface area contributed by atoms with Crippen LogP contribution in [0.4, 0.5) is 5.69 Å². The molecule has 3 N–H and O–H groups in total. The molecule has 1 fully saturated rings. The molecule has 1 aromatic heterocycles. The lowest BCUT2D eigenvalue weighted by Crippen LogP contribution is -2.29. The van der Waals surface area contributed by atoms with Crippen molar-refractivity contribution in [1.82, 2.24) is 15.6 Å². The Morgan fingerprint density at radius 1 is 0.972 bits per heavy atom. The summed E-state index contributed by atoms with van der Waals surface area (Å²) in [4.78, 5) is 17.5. The summed E-state index contributed by atoms with van der Waals surface area (Å²) in [7, 11) is 0. The quantitative estimate of drug-likeness (QED) is 0.257. The molecule has 1 amide bonds. The van der Waals surface area contributed by atoms with Gasteiger partial charge in [-0.05, 0) is 74.5 Å². The van der Waals surface area contributed by atoms with E-state index in [4.69, 9.17) is 4.98 Å². The molecule has 0 aliphatic carbocycles. The molecule has 36 heavy (non-hydrogen) atoms. The van der Waals surface area contributed by atoms with Crippen LogP contribution >= 0.6 is 0 Å². The number of carbonyl (C=O) groups is 1. The molecule has 2 heterocycles. The zero-order chi connectivity index (χ0) is 24.6. The van der Waals surface area contributed by atoms with Gasteiger partial charge < -0.3 is 16.0 Å². The largest absolute Gasteiger partial charge is 0.384 e. The maximum atomic E-state index is 12.6. The first-order chi connectivity index (χ1) is 17.8. The van der Waals surface area contributed by atoms with Crippen molar-refractivity contribution in [2.45, 2.75) is 32.2 Å². The predicted octanol–water partition coefficient (Wildman–Crippen LogP) is 6.02.